The van der Waals surface area contributed by atoms with Crippen LogP contribution in [0.1, 0.15) is 40.9 Å². The summed E-state index contributed by atoms with van der Waals surface area (Å²) in [4.78, 5) is 29.2. The van der Waals surface area contributed by atoms with Gasteiger partial charge >= 0.3 is 0 Å². The highest BCUT2D eigenvalue weighted by Gasteiger charge is 2.29. The molecule has 0 saturated carbocycles. The molecule has 0 aliphatic carbocycles. The molecular formula is C27H26N2O2S. The van der Waals surface area contributed by atoms with Crippen molar-refractivity contribution in [1.82, 2.24) is 5.32 Å². The van der Waals surface area contributed by atoms with Gasteiger partial charge in [0.2, 0.25) is 0 Å². The van der Waals surface area contributed by atoms with Crippen molar-refractivity contribution in [2.75, 3.05) is 4.90 Å². The average molecular weight is 443 g/mol. The van der Waals surface area contributed by atoms with Gasteiger partial charge in [-0.05, 0) is 67.8 Å². The first-order valence-corrected chi connectivity index (χ1v) is 11.5. The predicted octanol–water partition coefficient (Wildman–Crippen LogP) is 5.81. The Balaban J connectivity index is 1.64. The number of amides is 2. The minimum atomic E-state index is -0.0966. The van der Waals surface area contributed by atoms with Crippen LogP contribution in [0.4, 0.5) is 5.69 Å². The number of carbonyl (C=O) groups is 2. The standard InChI is InChI=1S/C27H26N2O2S/c1-18(2)28-26(30)21-14-12-20(13-15-21)16-25-27(31)29(17-22-9-5-4-8-19(22)3)23-10-6-7-11-24(23)32-25/h4-16,18H,17H2,1-3H3,(H,28,30). The van der Waals surface area contributed by atoms with Crippen molar-refractivity contribution in [3.8, 4) is 0 Å². The molecule has 1 aliphatic heterocycles. The monoisotopic (exact) mass is 442 g/mol. The number of nitrogens with zero attached hydrogens (tertiary/aromatic N) is 1. The van der Waals surface area contributed by atoms with Crippen molar-refractivity contribution >= 4 is 35.3 Å². The summed E-state index contributed by atoms with van der Waals surface area (Å²) in [6, 6.07) is 23.6. The fourth-order valence-electron chi connectivity index (χ4n) is 3.60. The molecule has 1 N–H and O–H groups in total. The molecule has 0 unspecified atom stereocenters. The summed E-state index contributed by atoms with van der Waals surface area (Å²) in [5.41, 5.74) is 4.72. The molecule has 32 heavy (non-hydrogen) atoms. The van der Waals surface area contributed by atoms with Gasteiger partial charge in [-0.15, -0.1) is 0 Å². The Kier molecular flexibility index (Phi) is 6.47. The van der Waals surface area contributed by atoms with Gasteiger partial charge < -0.3 is 10.2 Å². The molecule has 0 fully saturated rings. The van der Waals surface area contributed by atoms with E-state index in [0.29, 0.717) is 17.0 Å². The second-order valence-electron chi connectivity index (χ2n) is 8.15. The third-order valence-corrected chi connectivity index (χ3v) is 6.39. The first-order chi connectivity index (χ1) is 15.4. The van der Waals surface area contributed by atoms with Crippen LogP contribution in [-0.4, -0.2) is 17.9 Å². The van der Waals surface area contributed by atoms with Gasteiger partial charge in [0.15, 0.2) is 0 Å². The Labute approximate surface area is 193 Å². The lowest BCUT2D eigenvalue weighted by atomic mass is 10.1. The fraction of sp³-hybridized carbons (Fsp3) is 0.185. The number of carbonyl (C=O) groups excluding carboxylic acids is 2. The third kappa shape index (κ3) is 4.78. The number of fused-ring (bicyclic) bond motifs is 1. The van der Waals surface area contributed by atoms with Crippen molar-refractivity contribution in [3.63, 3.8) is 0 Å². The first kappa shape index (κ1) is 21.9. The lowest BCUT2D eigenvalue weighted by Gasteiger charge is -2.31. The van der Waals surface area contributed by atoms with E-state index in [1.807, 2.05) is 73.4 Å². The van der Waals surface area contributed by atoms with Gasteiger partial charge in [-0.25, -0.2) is 0 Å². The van der Waals surface area contributed by atoms with Crippen LogP contribution in [0.2, 0.25) is 0 Å². The number of rotatable bonds is 5. The summed E-state index contributed by atoms with van der Waals surface area (Å²) < 4.78 is 0. The fourth-order valence-corrected chi connectivity index (χ4v) is 4.66. The Morgan fingerprint density at radius 1 is 1.00 bits per heavy atom. The zero-order valence-electron chi connectivity index (χ0n) is 18.5. The van der Waals surface area contributed by atoms with E-state index in [4.69, 9.17) is 0 Å². The van der Waals surface area contributed by atoms with Crippen molar-refractivity contribution in [1.29, 1.82) is 0 Å². The highest BCUT2D eigenvalue weighted by molar-refractivity contribution is 8.04. The molecule has 1 heterocycles. The predicted molar refractivity (Wildman–Crippen MR) is 132 cm³/mol. The third-order valence-electron chi connectivity index (χ3n) is 5.31. The van der Waals surface area contributed by atoms with Crippen molar-refractivity contribution < 1.29 is 9.59 Å². The van der Waals surface area contributed by atoms with Crippen LogP contribution in [0.3, 0.4) is 0 Å². The highest BCUT2D eigenvalue weighted by atomic mass is 32.2. The van der Waals surface area contributed by atoms with Gasteiger partial charge in [-0.1, -0.05) is 60.3 Å². The molecule has 1 aliphatic rings. The van der Waals surface area contributed by atoms with E-state index in [1.54, 1.807) is 12.1 Å². The number of nitrogens with one attached hydrogen (secondary N) is 1. The van der Waals surface area contributed by atoms with Crippen LogP contribution in [-0.2, 0) is 11.3 Å². The zero-order valence-corrected chi connectivity index (χ0v) is 19.3. The number of aryl methyl sites for hydroxylation is 1. The van der Waals surface area contributed by atoms with Crippen LogP contribution >= 0.6 is 11.8 Å². The van der Waals surface area contributed by atoms with E-state index in [2.05, 4.69) is 24.4 Å². The minimum absolute atomic E-state index is 0.0152. The lowest BCUT2D eigenvalue weighted by Crippen LogP contribution is -2.33. The Hall–Kier alpha value is -3.31. The molecule has 0 aromatic heterocycles. The lowest BCUT2D eigenvalue weighted by molar-refractivity contribution is -0.114. The molecule has 4 nitrogen and oxygen atoms in total. The van der Waals surface area contributed by atoms with E-state index in [-0.39, 0.29) is 17.9 Å². The molecule has 0 saturated heterocycles. The summed E-state index contributed by atoms with van der Waals surface area (Å²) in [6.45, 7) is 6.46. The highest BCUT2D eigenvalue weighted by Crippen LogP contribution is 2.42. The van der Waals surface area contributed by atoms with Crippen LogP contribution in [0.25, 0.3) is 6.08 Å². The molecule has 3 aromatic rings. The number of hydrogen-bond acceptors (Lipinski definition) is 3. The SMILES string of the molecule is Cc1ccccc1CN1C(=O)C(=Cc2ccc(C(=O)NC(C)C)cc2)Sc2ccccc21. The maximum atomic E-state index is 13.5. The van der Waals surface area contributed by atoms with E-state index in [9.17, 15) is 9.59 Å². The van der Waals surface area contributed by atoms with Crippen LogP contribution in [0.15, 0.2) is 82.6 Å². The number of anilines is 1. The van der Waals surface area contributed by atoms with Crippen molar-refractivity contribution in [2.24, 2.45) is 0 Å². The van der Waals surface area contributed by atoms with E-state index in [0.717, 1.165) is 27.3 Å². The van der Waals surface area contributed by atoms with Crippen LogP contribution in [0.5, 0.6) is 0 Å². The largest absolute Gasteiger partial charge is 0.350 e. The number of para-hydroxylation sites is 1. The van der Waals surface area contributed by atoms with E-state index >= 15 is 0 Å². The topological polar surface area (TPSA) is 49.4 Å². The summed E-state index contributed by atoms with van der Waals surface area (Å²) in [6.07, 6.45) is 1.90. The number of benzene rings is 3. The van der Waals surface area contributed by atoms with Crippen molar-refractivity contribution in [3.05, 3.63) is 100.0 Å². The minimum Gasteiger partial charge on any atom is -0.350 e. The van der Waals surface area contributed by atoms with Crippen LogP contribution in [0, 0.1) is 6.92 Å². The number of thioether (sulfide) groups is 1. The second kappa shape index (κ2) is 9.45. The maximum Gasteiger partial charge on any atom is 0.265 e. The van der Waals surface area contributed by atoms with Gasteiger partial charge in [0.1, 0.15) is 0 Å². The molecule has 3 aromatic carbocycles. The normalized spacial score (nSPS) is 14.6. The van der Waals surface area contributed by atoms with Gasteiger partial charge in [0.05, 0.1) is 17.1 Å². The average Bonchev–Trinajstić information content (AvgIpc) is 2.78. The quantitative estimate of drug-likeness (QED) is 0.507. The Morgan fingerprint density at radius 3 is 2.41 bits per heavy atom. The van der Waals surface area contributed by atoms with Gasteiger partial charge in [-0.3, -0.25) is 9.59 Å². The summed E-state index contributed by atoms with van der Waals surface area (Å²) >= 11 is 1.49. The Bertz CT molecular complexity index is 1180. The van der Waals surface area contributed by atoms with Gasteiger partial charge in [0, 0.05) is 16.5 Å². The molecule has 5 heteroatoms. The smallest absolute Gasteiger partial charge is 0.265 e. The van der Waals surface area contributed by atoms with Crippen LogP contribution < -0.4 is 10.2 Å². The summed E-state index contributed by atoms with van der Waals surface area (Å²) in [7, 11) is 0. The molecular weight excluding hydrogens is 416 g/mol. The zero-order chi connectivity index (χ0) is 22.7. The van der Waals surface area contributed by atoms with Gasteiger partial charge in [0.25, 0.3) is 11.8 Å². The molecule has 0 bridgehead atoms. The molecule has 0 atom stereocenters. The van der Waals surface area contributed by atoms with E-state index < -0.39 is 0 Å². The Morgan fingerprint density at radius 2 is 1.69 bits per heavy atom. The second-order valence-corrected chi connectivity index (χ2v) is 9.23. The first-order valence-electron chi connectivity index (χ1n) is 10.7. The van der Waals surface area contributed by atoms with Gasteiger partial charge in [-0.2, -0.15) is 0 Å². The molecule has 162 valence electrons. The number of hydrogen-bond donors (Lipinski definition) is 1. The summed E-state index contributed by atoms with van der Waals surface area (Å²) in [5.74, 6) is -0.112. The van der Waals surface area contributed by atoms with E-state index in [1.165, 1.54) is 11.8 Å². The molecule has 2 amide bonds. The molecule has 0 spiro atoms. The maximum absolute atomic E-state index is 13.5. The molecule has 4 rings (SSSR count). The molecule has 0 radical (unpaired) electrons. The van der Waals surface area contributed by atoms with Crippen molar-refractivity contribution in [2.45, 2.75) is 38.3 Å². The summed E-state index contributed by atoms with van der Waals surface area (Å²) in [5, 5.41) is 2.89.